The van der Waals surface area contributed by atoms with Crippen LogP contribution in [0.3, 0.4) is 0 Å². The second-order valence-electron chi connectivity index (χ2n) is 5.34. The van der Waals surface area contributed by atoms with Crippen molar-refractivity contribution in [2.75, 3.05) is 12.4 Å². The maximum atomic E-state index is 12.1. The third kappa shape index (κ3) is 3.05. The van der Waals surface area contributed by atoms with Gasteiger partial charge in [-0.15, -0.1) is 11.8 Å². The molecule has 2 fully saturated rings. The van der Waals surface area contributed by atoms with Crippen LogP contribution in [-0.2, 0) is 20.9 Å². The number of esters is 1. The fourth-order valence-electron chi connectivity index (χ4n) is 2.74. The summed E-state index contributed by atoms with van der Waals surface area (Å²) in [6.07, 6.45) is 4.30. The fraction of sp³-hybridized carbons (Fsp3) is 0.533. The highest BCUT2D eigenvalue weighted by atomic mass is 32.2. The van der Waals surface area contributed by atoms with Gasteiger partial charge in [-0.25, -0.2) is 0 Å². The minimum Gasteiger partial charge on any atom is -0.466 e. The minimum atomic E-state index is -0.119. The SMILES string of the molecule is CCOC(=O)C1CC1C1SCC(=O)N1Cc1ccncc1. The summed E-state index contributed by atoms with van der Waals surface area (Å²) in [7, 11) is 0. The summed E-state index contributed by atoms with van der Waals surface area (Å²) in [6, 6.07) is 3.84. The van der Waals surface area contributed by atoms with Crippen LogP contribution < -0.4 is 0 Å². The molecule has 0 spiro atoms. The maximum Gasteiger partial charge on any atom is 0.309 e. The van der Waals surface area contributed by atoms with Gasteiger partial charge in [0.1, 0.15) is 0 Å². The molecule has 1 saturated heterocycles. The summed E-state index contributed by atoms with van der Waals surface area (Å²) in [5.41, 5.74) is 1.07. The molecule has 3 atom stereocenters. The Hall–Kier alpha value is -1.56. The van der Waals surface area contributed by atoms with E-state index in [-0.39, 0.29) is 29.1 Å². The van der Waals surface area contributed by atoms with Crippen LogP contribution in [0.4, 0.5) is 0 Å². The van der Waals surface area contributed by atoms with Gasteiger partial charge in [-0.1, -0.05) is 0 Å². The topological polar surface area (TPSA) is 59.5 Å². The van der Waals surface area contributed by atoms with Gasteiger partial charge in [0, 0.05) is 24.9 Å². The minimum absolute atomic E-state index is 0.0340. The summed E-state index contributed by atoms with van der Waals surface area (Å²) < 4.78 is 5.08. The molecule has 6 heteroatoms. The van der Waals surface area contributed by atoms with Crippen molar-refractivity contribution in [1.82, 2.24) is 9.88 Å². The van der Waals surface area contributed by atoms with Gasteiger partial charge in [-0.2, -0.15) is 0 Å². The van der Waals surface area contributed by atoms with Crippen molar-refractivity contribution >= 4 is 23.6 Å². The zero-order valence-corrected chi connectivity index (χ0v) is 12.7. The second-order valence-corrected chi connectivity index (χ2v) is 6.44. The lowest BCUT2D eigenvalue weighted by Crippen LogP contribution is -2.34. The van der Waals surface area contributed by atoms with Gasteiger partial charge < -0.3 is 9.64 Å². The van der Waals surface area contributed by atoms with Crippen LogP contribution in [0.25, 0.3) is 0 Å². The van der Waals surface area contributed by atoms with Gasteiger partial charge >= 0.3 is 5.97 Å². The first-order valence-corrected chi connectivity index (χ1v) is 8.22. The Balaban J connectivity index is 1.65. The van der Waals surface area contributed by atoms with Gasteiger partial charge in [-0.05, 0) is 31.0 Å². The molecule has 1 amide bonds. The lowest BCUT2D eigenvalue weighted by molar-refractivity contribution is -0.145. The number of thioether (sulfide) groups is 1. The predicted molar refractivity (Wildman–Crippen MR) is 79.3 cm³/mol. The van der Waals surface area contributed by atoms with Gasteiger partial charge in [0.2, 0.25) is 5.91 Å². The Morgan fingerprint density at radius 1 is 1.48 bits per heavy atom. The largest absolute Gasteiger partial charge is 0.466 e. The molecule has 1 aliphatic heterocycles. The van der Waals surface area contributed by atoms with E-state index in [1.54, 1.807) is 24.2 Å². The highest BCUT2D eigenvalue weighted by molar-refractivity contribution is 8.01. The summed E-state index contributed by atoms with van der Waals surface area (Å²) >= 11 is 1.64. The normalized spacial score (nSPS) is 27.8. The number of nitrogens with zero attached hydrogens (tertiary/aromatic N) is 2. The molecule has 2 aliphatic rings. The van der Waals surface area contributed by atoms with Gasteiger partial charge in [0.25, 0.3) is 0 Å². The molecule has 21 heavy (non-hydrogen) atoms. The van der Waals surface area contributed by atoms with Crippen LogP contribution in [0, 0.1) is 11.8 Å². The van der Waals surface area contributed by atoms with E-state index in [1.807, 2.05) is 24.0 Å². The second kappa shape index (κ2) is 6.05. The Kier molecular flexibility index (Phi) is 4.14. The smallest absolute Gasteiger partial charge is 0.309 e. The third-order valence-corrected chi connectivity index (χ3v) is 5.26. The van der Waals surface area contributed by atoms with Crippen molar-refractivity contribution in [3.63, 3.8) is 0 Å². The van der Waals surface area contributed by atoms with Crippen molar-refractivity contribution in [3.8, 4) is 0 Å². The Bertz CT molecular complexity index is 537. The quantitative estimate of drug-likeness (QED) is 0.775. The monoisotopic (exact) mass is 306 g/mol. The molecule has 1 aliphatic carbocycles. The first-order valence-electron chi connectivity index (χ1n) is 7.17. The average molecular weight is 306 g/mol. The highest BCUT2D eigenvalue weighted by Gasteiger charge is 2.53. The molecule has 112 valence electrons. The predicted octanol–water partition coefficient (Wildman–Crippen LogP) is 1.68. The summed E-state index contributed by atoms with van der Waals surface area (Å²) in [4.78, 5) is 29.8. The lowest BCUT2D eigenvalue weighted by atomic mass is 10.2. The summed E-state index contributed by atoms with van der Waals surface area (Å²) in [5, 5.41) is 0.0973. The van der Waals surface area contributed by atoms with Crippen molar-refractivity contribution in [1.29, 1.82) is 0 Å². The number of ether oxygens (including phenoxy) is 1. The van der Waals surface area contributed by atoms with E-state index in [0.717, 1.165) is 12.0 Å². The molecule has 0 N–H and O–H groups in total. The number of rotatable bonds is 5. The number of amides is 1. The third-order valence-electron chi connectivity index (χ3n) is 3.90. The molecule has 0 bridgehead atoms. The lowest BCUT2D eigenvalue weighted by Gasteiger charge is -2.24. The molecule has 0 radical (unpaired) electrons. The highest BCUT2D eigenvalue weighted by Crippen LogP contribution is 2.49. The number of hydrogen-bond donors (Lipinski definition) is 0. The molecule has 5 nitrogen and oxygen atoms in total. The number of hydrogen-bond acceptors (Lipinski definition) is 5. The molecule has 3 unspecified atom stereocenters. The summed E-state index contributed by atoms with van der Waals surface area (Å²) in [5.74, 6) is 0.736. The summed E-state index contributed by atoms with van der Waals surface area (Å²) in [6.45, 7) is 2.82. The van der Waals surface area contributed by atoms with E-state index in [9.17, 15) is 9.59 Å². The van der Waals surface area contributed by atoms with Crippen molar-refractivity contribution in [2.24, 2.45) is 11.8 Å². The molecule has 0 aromatic carbocycles. The van der Waals surface area contributed by atoms with E-state index in [1.165, 1.54) is 0 Å². The van der Waals surface area contributed by atoms with E-state index in [4.69, 9.17) is 4.74 Å². The van der Waals surface area contributed by atoms with E-state index in [2.05, 4.69) is 4.98 Å². The first kappa shape index (κ1) is 14.4. The molecule has 1 aromatic rings. The molecule has 3 rings (SSSR count). The maximum absolute atomic E-state index is 12.1. The molecular formula is C15H18N2O3S. The van der Waals surface area contributed by atoms with Crippen LogP contribution in [0.2, 0.25) is 0 Å². The molecule has 2 heterocycles. The number of carbonyl (C=O) groups is 2. The molecular weight excluding hydrogens is 288 g/mol. The first-order chi connectivity index (χ1) is 10.2. The zero-order chi connectivity index (χ0) is 14.8. The fourth-order valence-corrected chi connectivity index (χ4v) is 4.14. The zero-order valence-electron chi connectivity index (χ0n) is 11.9. The number of carbonyl (C=O) groups excluding carboxylic acids is 2. The van der Waals surface area contributed by atoms with E-state index >= 15 is 0 Å². The van der Waals surface area contributed by atoms with Crippen molar-refractivity contribution < 1.29 is 14.3 Å². The Labute approximate surface area is 128 Å². The number of pyridine rings is 1. The van der Waals surface area contributed by atoms with Crippen molar-refractivity contribution in [2.45, 2.75) is 25.3 Å². The van der Waals surface area contributed by atoms with Crippen molar-refractivity contribution in [3.05, 3.63) is 30.1 Å². The van der Waals surface area contributed by atoms with Crippen LogP contribution >= 0.6 is 11.8 Å². The standard InChI is InChI=1S/C15H18N2O3S/c1-2-20-15(19)12-7-11(12)14-17(13(18)9-21-14)8-10-3-5-16-6-4-10/h3-6,11-12,14H,2,7-9H2,1H3. The van der Waals surface area contributed by atoms with Crippen LogP contribution in [-0.4, -0.2) is 39.5 Å². The van der Waals surface area contributed by atoms with Crippen LogP contribution in [0.5, 0.6) is 0 Å². The van der Waals surface area contributed by atoms with Crippen LogP contribution in [0.1, 0.15) is 18.9 Å². The number of aromatic nitrogens is 1. The van der Waals surface area contributed by atoms with E-state index in [0.29, 0.717) is 18.9 Å². The van der Waals surface area contributed by atoms with E-state index < -0.39 is 0 Å². The molecule has 1 saturated carbocycles. The van der Waals surface area contributed by atoms with Gasteiger partial charge in [0.15, 0.2) is 0 Å². The Morgan fingerprint density at radius 3 is 2.95 bits per heavy atom. The van der Waals surface area contributed by atoms with Gasteiger partial charge in [-0.3, -0.25) is 14.6 Å². The molecule has 1 aromatic heterocycles. The van der Waals surface area contributed by atoms with Gasteiger partial charge in [0.05, 0.1) is 23.7 Å². The van der Waals surface area contributed by atoms with Crippen LogP contribution in [0.15, 0.2) is 24.5 Å². The Morgan fingerprint density at radius 2 is 2.24 bits per heavy atom. The average Bonchev–Trinajstić information content (AvgIpc) is 3.21.